The summed E-state index contributed by atoms with van der Waals surface area (Å²) in [6.45, 7) is 6.44. The van der Waals surface area contributed by atoms with Gasteiger partial charge in [0.1, 0.15) is 11.5 Å². The van der Waals surface area contributed by atoms with E-state index >= 15 is 0 Å². The molecule has 0 unspecified atom stereocenters. The molecule has 1 saturated heterocycles. The largest absolute Gasteiger partial charge is 0.368 e. The summed E-state index contributed by atoms with van der Waals surface area (Å²) in [5.74, 6) is 0.658. The molecule has 1 fully saturated rings. The smallest absolute Gasteiger partial charge is 0.254 e. The Morgan fingerprint density at radius 1 is 1.06 bits per heavy atom. The summed E-state index contributed by atoms with van der Waals surface area (Å²) in [5.41, 5.74) is 7.62. The minimum absolute atomic E-state index is 0.0631. The van der Waals surface area contributed by atoms with Crippen LogP contribution in [-0.2, 0) is 13.6 Å². The number of amides is 1. The SMILES string of the molecule is Cc1cc(-c2ccc(Nc3ccc(N4CCNCC4)cn3)c3c2CNC3=O)c2ccn(C)c2n1. The molecule has 3 aromatic heterocycles. The number of pyridine rings is 2. The van der Waals surface area contributed by atoms with Crippen molar-refractivity contribution in [2.24, 2.45) is 7.05 Å². The first-order chi connectivity index (χ1) is 16.6. The summed E-state index contributed by atoms with van der Waals surface area (Å²) in [4.78, 5) is 24.5. The van der Waals surface area contributed by atoms with Gasteiger partial charge >= 0.3 is 0 Å². The lowest BCUT2D eigenvalue weighted by molar-refractivity contribution is 0.0966. The number of aryl methyl sites for hydroxylation is 2. The number of hydrogen-bond donors (Lipinski definition) is 3. The number of fused-ring (bicyclic) bond motifs is 2. The molecule has 0 bridgehead atoms. The molecule has 0 saturated carbocycles. The number of carbonyl (C=O) groups is 1. The van der Waals surface area contributed by atoms with E-state index < -0.39 is 0 Å². The van der Waals surface area contributed by atoms with Crippen molar-refractivity contribution in [1.29, 1.82) is 0 Å². The van der Waals surface area contributed by atoms with Gasteiger partial charge in [0.05, 0.1) is 23.1 Å². The van der Waals surface area contributed by atoms with Crippen LogP contribution in [0.2, 0.25) is 0 Å². The van der Waals surface area contributed by atoms with Gasteiger partial charge < -0.3 is 25.4 Å². The van der Waals surface area contributed by atoms with E-state index in [9.17, 15) is 4.79 Å². The Kier molecular flexibility index (Phi) is 4.95. The van der Waals surface area contributed by atoms with Crippen LogP contribution in [0.25, 0.3) is 22.2 Å². The van der Waals surface area contributed by atoms with Crippen molar-refractivity contribution >= 4 is 34.1 Å². The van der Waals surface area contributed by atoms with E-state index in [0.29, 0.717) is 12.1 Å². The molecule has 0 spiro atoms. The van der Waals surface area contributed by atoms with Crippen molar-refractivity contribution in [3.8, 4) is 11.1 Å². The van der Waals surface area contributed by atoms with Crippen LogP contribution in [0.5, 0.6) is 0 Å². The molecular formula is C26H27N7O. The summed E-state index contributed by atoms with van der Waals surface area (Å²) < 4.78 is 2.03. The molecule has 6 rings (SSSR count). The number of aromatic nitrogens is 3. The Bertz CT molecular complexity index is 1400. The van der Waals surface area contributed by atoms with Crippen LogP contribution in [0, 0.1) is 6.92 Å². The van der Waals surface area contributed by atoms with Crippen molar-refractivity contribution in [2.75, 3.05) is 36.4 Å². The summed E-state index contributed by atoms with van der Waals surface area (Å²) in [6, 6.07) is 12.3. The van der Waals surface area contributed by atoms with E-state index in [1.54, 1.807) is 0 Å². The van der Waals surface area contributed by atoms with E-state index in [4.69, 9.17) is 4.98 Å². The zero-order chi connectivity index (χ0) is 23.2. The van der Waals surface area contributed by atoms with Crippen molar-refractivity contribution < 1.29 is 4.79 Å². The monoisotopic (exact) mass is 453 g/mol. The van der Waals surface area contributed by atoms with E-state index in [-0.39, 0.29) is 5.91 Å². The van der Waals surface area contributed by atoms with E-state index in [0.717, 1.165) is 76.8 Å². The van der Waals surface area contributed by atoms with Crippen LogP contribution in [0.4, 0.5) is 17.2 Å². The highest BCUT2D eigenvalue weighted by atomic mass is 16.1. The van der Waals surface area contributed by atoms with Gasteiger partial charge in [0.25, 0.3) is 5.91 Å². The normalized spacial score (nSPS) is 15.5. The lowest BCUT2D eigenvalue weighted by Crippen LogP contribution is -2.43. The van der Waals surface area contributed by atoms with E-state index in [2.05, 4.69) is 50.1 Å². The van der Waals surface area contributed by atoms with Gasteiger partial charge in [-0.3, -0.25) is 4.79 Å². The highest BCUT2D eigenvalue weighted by molar-refractivity contribution is 6.07. The van der Waals surface area contributed by atoms with E-state index in [1.807, 2.05) is 43.1 Å². The van der Waals surface area contributed by atoms with Crippen molar-refractivity contribution in [3.05, 3.63) is 65.6 Å². The quantitative estimate of drug-likeness (QED) is 0.439. The molecule has 5 heterocycles. The van der Waals surface area contributed by atoms with Crippen LogP contribution >= 0.6 is 0 Å². The predicted molar refractivity (Wildman–Crippen MR) is 135 cm³/mol. The fraction of sp³-hybridized carbons (Fsp3) is 0.269. The third-order valence-corrected chi connectivity index (χ3v) is 6.71. The molecule has 4 aromatic rings. The van der Waals surface area contributed by atoms with E-state index in [1.165, 1.54) is 0 Å². The average molecular weight is 454 g/mol. The molecule has 8 nitrogen and oxygen atoms in total. The molecule has 1 amide bonds. The number of hydrogen-bond acceptors (Lipinski definition) is 6. The second kappa shape index (κ2) is 8.14. The Labute approximate surface area is 198 Å². The van der Waals surface area contributed by atoms with Gasteiger partial charge in [-0.05, 0) is 53.9 Å². The van der Waals surface area contributed by atoms with Crippen LogP contribution < -0.4 is 20.9 Å². The van der Waals surface area contributed by atoms with Crippen molar-refractivity contribution in [3.63, 3.8) is 0 Å². The lowest BCUT2D eigenvalue weighted by Gasteiger charge is -2.29. The zero-order valence-electron chi connectivity index (χ0n) is 19.4. The first kappa shape index (κ1) is 20.7. The molecule has 172 valence electrons. The van der Waals surface area contributed by atoms with Gasteiger partial charge in [-0.1, -0.05) is 6.07 Å². The summed E-state index contributed by atoms with van der Waals surface area (Å²) in [6.07, 6.45) is 3.92. The van der Waals surface area contributed by atoms with Gasteiger partial charge in [-0.2, -0.15) is 0 Å². The maximum atomic E-state index is 12.9. The standard InChI is InChI=1S/C26H27N7O/c1-16-13-20(19-7-10-32(2)25(19)30-16)18-4-5-22(24-21(18)15-29-26(24)34)31-23-6-3-17(14-28-23)33-11-8-27-9-12-33/h3-7,10,13-14,27H,8-9,11-12,15H2,1-2H3,(H,28,31)(H,29,34). The Morgan fingerprint density at radius 3 is 2.71 bits per heavy atom. The molecular weight excluding hydrogens is 426 g/mol. The van der Waals surface area contributed by atoms with Crippen LogP contribution in [0.1, 0.15) is 21.6 Å². The van der Waals surface area contributed by atoms with Crippen LogP contribution in [0.15, 0.2) is 48.8 Å². The molecule has 0 atom stereocenters. The van der Waals surface area contributed by atoms with Gasteiger partial charge in [-0.25, -0.2) is 9.97 Å². The maximum Gasteiger partial charge on any atom is 0.254 e. The van der Waals surface area contributed by atoms with Gasteiger partial charge in [-0.15, -0.1) is 0 Å². The van der Waals surface area contributed by atoms with Gasteiger partial charge in [0.2, 0.25) is 0 Å². The Hall–Kier alpha value is -3.91. The molecule has 0 radical (unpaired) electrons. The number of rotatable bonds is 4. The maximum absolute atomic E-state index is 12.9. The van der Waals surface area contributed by atoms with Crippen LogP contribution in [-0.4, -0.2) is 46.6 Å². The molecule has 3 N–H and O–H groups in total. The fourth-order valence-electron chi connectivity index (χ4n) is 4.99. The Balaban J connectivity index is 1.36. The first-order valence-corrected chi connectivity index (χ1v) is 11.6. The number of nitrogens with zero attached hydrogens (tertiary/aromatic N) is 4. The zero-order valence-corrected chi connectivity index (χ0v) is 19.4. The predicted octanol–water partition coefficient (Wildman–Crippen LogP) is 3.34. The third kappa shape index (κ3) is 3.47. The minimum atomic E-state index is -0.0631. The Morgan fingerprint density at radius 2 is 1.91 bits per heavy atom. The number of carbonyl (C=O) groups excluding carboxylic acids is 1. The molecule has 34 heavy (non-hydrogen) atoms. The number of benzene rings is 1. The molecule has 8 heteroatoms. The molecule has 1 aromatic carbocycles. The highest BCUT2D eigenvalue weighted by Crippen LogP contribution is 2.38. The minimum Gasteiger partial charge on any atom is -0.368 e. The first-order valence-electron chi connectivity index (χ1n) is 11.6. The number of anilines is 3. The number of piperazine rings is 1. The summed E-state index contributed by atoms with van der Waals surface area (Å²) in [7, 11) is 2.00. The fourth-order valence-corrected chi connectivity index (χ4v) is 4.99. The molecule has 0 aliphatic carbocycles. The second-order valence-corrected chi connectivity index (χ2v) is 8.94. The third-order valence-electron chi connectivity index (χ3n) is 6.71. The summed E-state index contributed by atoms with van der Waals surface area (Å²) >= 11 is 0. The molecule has 2 aliphatic rings. The second-order valence-electron chi connectivity index (χ2n) is 8.94. The van der Waals surface area contributed by atoms with Gasteiger partial charge in [0.15, 0.2) is 0 Å². The van der Waals surface area contributed by atoms with Crippen molar-refractivity contribution in [2.45, 2.75) is 13.5 Å². The number of nitrogens with one attached hydrogen (secondary N) is 3. The average Bonchev–Trinajstić information content (AvgIpc) is 3.43. The lowest BCUT2D eigenvalue weighted by atomic mass is 9.94. The van der Waals surface area contributed by atoms with Crippen molar-refractivity contribution in [1.82, 2.24) is 25.2 Å². The molecule has 2 aliphatic heterocycles. The summed E-state index contributed by atoms with van der Waals surface area (Å²) in [5, 5.41) is 10.8. The topological polar surface area (TPSA) is 87.1 Å². The van der Waals surface area contributed by atoms with Gasteiger partial charge in [0, 0.05) is 57.0 Å². The highest BCUT2D eigenvalue weighted by Gasteiger charge is 2.27. The van der Waals surface area contributed by atoms with Crippen LogP contribution in [0.3, 0.4) is 0 Å².